The molecular weight excluding hydrogens is 408 g/mol. The lowest BCUT2D eigenvalue weighted by molar-refractivity contribution is -0.126. The number of hydrogen-bond donors (Lipinski definition) is 2. The van der Waals surface area contributed by atoms with Crippen LogP contribution in [0.2, 0.25) is 0 Å². The molecule has 0 spiro atoms. The van der Waals surface area contributed by atoms with Gasteiger partial charge in [-0.25, -0.2) is 4.79 Å². The molecule has 1 saturated carbocycles. The number of rotatable bonds is 4. The molecule has 3 unspecified atom stereocenters. The minimum absolute atomic E-state index is 0.0136. The van der Waals surface area contributed by atoms with Gasteiger partial charge in [-0.2, -0.15) is 4.98 Å². The molecule has 9 nitrogen and oxygen atoms in total. The number of urea groups is 1. The first-order chi connectivity index (χ1) is 15.7. The van der Waals surface area contributed by atoms with E-state index in [4.69, 9.17) is 4.52 Å². The van der Waals surface area contributed by atoms with Gasteiger partial charge in [0.15, 0.2) is 0 Å². The van der Waals surface area contributed by atoms with E-state index in [0.717, 1.165) is 37.7 Å². The third-order valence-corrected chi connectivity index (χ3v) is 6.39. The van der Waals surface area contributed by atoms with E-state index in [0.29, 0.717) is 44.2 Å². The van der Waals surface area contributed by atoms with Crippen molar-refractivity contribution < 1.29 is 14.1 Å². The molecule has 3 amide bonds. The molecule has 1 aliphatic heterocycles. The molecule has 2 aromatic heterocycles. The van der Waals surface area contributed by atoms with Crippen LogP contribution in [0.15, 0.2) is 29.0 Å². The van der Waals surface area contributed by atoms with Crippen molar-refractivity contribution in [3.63, 3.8) is 0 Å². The number of aromatic nitrogens is 3. The lowest BCUT2D eigenvalue weighted by Crippen LogP contribution is -2.51. The Labute approximate surface area is 188 Å². The highest BCUT2D eigenvalue weighted by atomic mass is 16.5. The molecule has 32 heavy (non-hydrogen) atoms. The lowest BCUT2D eigenvalue weighted by atomic mass is 10.0. The van der Waals surface area contributed by atoms with E-state index in [-0.39, 0.29) is 29.8 Å². The molecule has 172 valence electrons. The lowest BCUT2D eigenvalue weighted by Gasteiger charge is -2.32. The van der Waals surface area contributed by atoms with Crippen molar-refractivity contribution in [2.75, 3.05) is 19.6 Å². The van der Waals surface area contributed by atoms with Crippen LogP contribution in [-0.2, 0) is 4.79 Å². The first-order valence-electron chi connectivity index (χ1n) is 11.7. The SMILES string of the molecule is CCCNC(=O)N1CCCCCCNC(=O)C2CC(c3nc(-c4cccnc4)no3)CC21. The Bertz CT molecular complexity index is 902. The number of hydrogen-bond acceptors (Lipinski definition) is 6. The zero-order valence-electron chi connectivity index (χ0n) is 18.6. The Kier molecular flexibility index (Phi) is 7.34. The van der Waals surface area contributed by atoms with E-state index < -0.39 is 0 Å². The first kappa shape index (κ1) is 22.2. The van der Waals surface area contributed by atoms with E-state index in [9.17, 15) is 9.59 Å². The molecule has 0 bridgehead atoms. The Balaban J connectivity index is 1.57. The summed E-state index contributed by atoms with van der Waals surface area (Å²) in [4.78, 5) is 36.7. The van der Waals surface area contributed by atoms with Gasteiger partial charge < -0.3 is 20.1 Å². The average Bonchev–Trinajstić information content (AvgIpc) is 3.47. The van der Waals surface area contributed by atoms with Crippen LogP contribution in [-0.4, -0.2) is 57.6 Å². The van der Waals surface area contributed by atoms with Gasteiger partial charge in [0, 0.05) is 49.6 Å². The van der Waals surface area contributed by atoms with Crippen molar-refractivity contribution >= 4 is 11.9 Å². The highest BCUT2D eigenvalue weighted by molar-refractivity contribution is 5.82. The molecule has 2 aromatic rings. The zero-order valence-corrected chi connectivity index (χ0v) is 18.6. The van der Waals surface area contributed by atoms with Crippen LogP contribution < -0.4 is 10.6 Å². The largest absolute Gasteiger partial charge is 0.356 e. The molecule has 2 aliphatic rings. The van der Waals surface area contributed by atoms with Crippen molar-refractivity contribution in [3.8, 4) is 11.4 Å². The summed E-state index contributed by atoms with van der Waals surface area (Å²) in [7, 11) is 0. The van der Waals surface area contributed by atoms with E-state index in [1.54, 1.807) is 12.4 Å². The Morgan fingerprint density at radius 1 is 1.28 bits per heavy atom. The summed E-state index contributed by atoms with van der Waals surface area (Å²) >= 11 is 0. The molecule has 1 saturated heterocycles. The van der Waals surface area contributed by atoms with Gasteiger partial charge in [-0.05, 0) is 44.2 Å². The van der Waals surface area contributed by atoms with Gasteiger partial charge in [0.1, 0.15) is 0 Å². The summed E-state index contributed by atoms with van der Waals surface area (Å²) in [5, 5.41) is 10.2. The predicted molar refractivity (Wildman–Crippen MR) is 119 cm³/mol. The summed E-state index contributed by atoms with van der Waals surface area (Å²) in [6, 6.07) is 3.43. The smallest absolute Gasteiger partial charge is 0.317 e. The van der Waals surface area contributed by atoms with Gasteiger partial charge in [-0.3, -0.25) is 9.78 Å². The van der Waals surface area contributed by atoms with Gasteiger partial charge in [0.05, 0.1) is 5.92 Å². The number of carbonyl (C=O) groups is 2. The second-order valence-corrected chi connectivity index (χ2v) is 8.67. The number of pyridine rings is 1. The maximum absolute atomic E-state index is 13.1. The normalized spacial score (nSPS) is 24.3. The highest BCUT2D eigenvalue weighted by Gasteiger charge is 2.45. The van der Waals surface area contributed by atoms with Crippen LogP contribution in [0.5, 0.6) is 0 Å². The summed E-state index contributed by atoms with van der Waals surface area (Å²) in [6.45, 7) is 3.99. The van der Waals surface area contributed by atoms with Crippen molar-refractivity contribution in [1.29, 1.82) is 0 Å². The van der Waals surface area contributed by atoms with Crippen LogP contribution in [0.3, 0.4) is 0 Å². The van der Waals surface area contributed by atoms with Crippen molar-refractivity contribution in [2.45, 2.75) is 63.8 Å². The van der Waals surface area contributed by atoms with Crippen molar-refractivity contribution in [3.05, 3.63) is 30.4 Å². The van der Waals surface area contributed by atoms with Crippen LogP contribution in [0.1, 0.15) is 63.7 Å². The van der Waals surface area contributed by atoms with E-state index in [2.05, 4.69) is 25.8 Å². The molecule has 1 aliphatic carbocycles. The Morgan fingerprint density at radius 2 is 2.16 bits per heavy atom. The molecule has 2 fully saturated rings. The molecule has 3 heterocycles. The predicted octanol–water partition coefficient (Wildman–Crippen LogP) is 3.11. The number of nitrogens with zero attached hydrogens (tertiary/aromatic N) is 4. The van der Waals surface area contributed by atoms with Crippen molar-refractivity contribution in [2.24, 2.45) is 5.92 Å². The summed E-state index contributed by atoms with van der Waals surface area (Å²) in [5.74, 6) is 0.659. The fourth-order valence-electron chi connectivity index (χ4n) is 4.71. The fourth-order valence-corrected chi connectivity index (χ4v) is 4.71. The molecule has 2 N–H and O–H groups in total. The van der Waals surface area contributed by atoms with Crippen LogP contribution in [0.25, 0.3) is 11.4 Å². The number of carbonyl (C=O) groups excluding carboxylic acids is 2. The second-order valence-electron chi connectivity index (χ2n) is 8.67. The zero-order chi connectivity index (χ0) is 22.3. The summed E-state index contributed by atoms with van der Waals surface area (Å²) in [5.41, 5.74) is 0.786. The molecular formula is C23H32N6O3. The van der Waals surface area contributed by atoms with Crippen LogP contribution >= 0.6 is 0 Å². The standard InChI is InChI=1S/C23H32N6O3/c1-2-9-26-23(31)29-12-6-4-3-5-11-25-21(30)18-13-17(14-19(18)29)22-27-20(28-32-22)16-8-7-10-24-15-16/h7-8,10,15,17-19H,2-6,9,11-14H2,1H3,(H,25,30)(H,26,31). The number of fused-ring (bicyclic) bond motifs is 1. The fraction of sp³-hybridized carbons (Fsp3) is 0.609. The third kappa shape index (κ3) is 5.08. The maximum Gasteiger partial charge on any atom is 0.317 e. The Morgan fingerprint density at radius 3 is 2.97 bits per heavy atom. The maximum atomic E-state index is 13.1. The molecule has 0 radical (unpaired) electrons. The van der Waals surface area contributed by atoms with E-state index in [1.165, 1.54) is 0 Å². The van der Waals surface area contributed by atoms with Gasteiger partial charge in [-0.15, -0.1) is 0 Å². The molecule has 0 aromatic carbocycles. The summed E-state index contributed by atoms with van der Waals surface area (Å²) < 4.78 is 5.60. The van der Waals surface area contributed by atoms with Gasteiger partial charge in [0.25, 0.3) is 0 Å². The molecule has 4 rings (SSSR count). The molecule has 3 atom stereocenters. The Hall–Kier alpha value is -2.97. The second kappa shape index (κ2) is 10.6. The first-order valence-corrected chi connectivity index (χ1v) is 11.7. The van der Waals surface area contributed by atoms with Gasteiger partial charge in [0.2, 0.25) is 17.6 Å². The van der Waals surface area contributed by atoms with E-state index >= 15 is 0 Å². The minimum Gasteiger partial charge on any atom is -0.356 e. The van der Waals surface area contributed by atoms with E-state index in [1.807, 2.05) is 24.0 Å². The quantitative estimate of drug-likeness (QED) is 0.755. The minimum atomic E-state index is -0.292. The van der Waals surface area contributed by atoms with Crippen LogP contribution in [0, 0.1) is 5.92 Å². The average molecular weight is 441 g/mol. The molecule has 9 heteroatoms. The monoisotopic (exact) mass is 440 g/mol. The number of amides is 3. The number of nitrogens with one attached hydrogen (secondary N) is 2. The van der Waals surface area contributed by atoms with Gasteiger partial charge >= 0.3 is 6.03 Å². The van der Waals surface area contributed by atoms with Crippen molar-refractivity contribution in [1.82, 2.24) is 30.7 Å². The third-order valence-electron chi connectivity index (χ3n) is 6.39. The highest BCUT2D eigenvalue weighted by Crippen LogP contribution is 2.41. The van der Waals surface area contributed by atoms with Crippen LogP contribution in [0.4, 0.5) is 4.79 Å². The summed E-state index contributed by atoms with van der Waals surface area (Å²) in [6.07, 6.45) is 9.49. The van der Waals surface area contributed by atoms with Gasteiger partial charge in [-0.1, -0.05) is 24.9 Å². The topological polar surface area (TPSA) is 113 Å².